The van der Waals surface area contributed by atoms with Crippen LogP contribution in [0.5, 0.6) is 0 Å². The molecule has 0 rings (SSSR count). The highest BCUT2D eigenvalue weighted by molar-refractivity contribution is 6.73. The van der Waals surface area contributed by atoms with Gasteiger partial charge in [0.15, 0.2) is 0 Å². The van der Waals surface area contributed by atoms with Crippen LogP contribution in [0, 0.1) is 0 Å². The summed E-state index contributed by atoms with van der Waals surface area (Å²) in [5.74, 6) is 0. The predicted molar refractivity (Wildman–Crippen MR) is 68.4 cm³/mol. The highest BCUT2D eigenvalue weighted by atomic mass is 28.4. The van der Waals surface area contributed by atoms with Crippen LogP contribution in [0.25, 0.3) is 0 Å². The Balaban J connectivity index is 5.27. The molecule has 0 aromatic rings. The van der Waals surface area contributed by atoms with Crippen molar-refractivity contribution >= 4 is 8.56 Å². The second-order valence-corrected chi connectivity index (χ2v) is 10.8. The molecule has 3 heteroatoms. The molecule has 0 radical (unpaired) electrons. The van der Waals surface area contributed by atoms with E-state index >= 15 is 0 Å². The van der Waals surface area contributed by atoms with Crippen molar-refractivity contribution in [1.29, 1.82) is 0 Å². The van der Waals surface area contributed by atoms with Gasteiger partial charge in [0, 0.05) is 24.3 Å². The molecule has 15 heavy (non-hydrogen) atoms. The Morgan fingerprint density at radius 1 is 0.933 bits per heavy atom. The maximum absolute atomic E-state index is 5.89. The van der Waals surface area contributed by atoms with Gasteiger partial charge in [-0.25, -0.2) is 0 Å². The minimum Gasteiger partial charge on any atom is -0.397 e. The van der Waals surface area contributed by atoms with Crippen molar-refractivity contribution in [2.24, 2.45) is 0 Å². The normalized spacial score (nSPS) is 14.4. The minimum absolute atomic E-state index is 0.0924. The average molecular weight is 232 g/mol. The summed E-state index contributed by atoms with van der Waals surface area (Å²) >= 11 is 0. The first-order valence-corrected chi connectivity index (χ1v) is 7.60. The maximum Gasteiger partial charge on any atom is 0.349 e. The van der Waals surface area contributed by atoms with Gasteiger partial charge in [-0.2, -0.15) is 0 Å². The summed E-state index contributed by atoms with van der Waals surface area (Å²) in [5.41, 5.74) is 0. The first-order chi connectivity index (χ1) is 6.68. The van der Waals surface area contributed by atoms with Crippen LogP contribution in [-0.4, -0.2) is 22.8 Å². The highest BCUT2D eigenvalue weighted by Crippen LogP contribution is 2.54. The molecule has 0 aromatic carbocycles. The van der Waals surface area contributed by atoms with Crippen molar-refractivity contribution < 1.29 is 8.85 Å². The molecule has 0 heterocycles. The molecule has 0 spiro atoms. The molecule has 0 atom stereocenters. The third kappa shape index (κ3) is 2.63. The summed E-state index contributed by atoms with van der Waals surface area (Å²) < 4.78 is 11.8. The standard InChI is InChI=1S/C12H28O2Si/c1-9-10-12(5,6)15(13-7,14-8)11(2,3)4/h9-10H2,1-8H3. The second-order valence-electron chi connectivity index (χ2n) is 5.91. The molecule has 2 nitrogen and oxygen atoms in total. The fourth-order valence-corrected chi connectivity index (χ4v) is 8.16. The van der Waals surface area contributed by atoms with E-state index < -0.39 is 8.56 Å². The fourth-order valence-electron chi connectivity index (χ4n) is 3.05. The van der Waals surface area contributed by atoms with Crippen molar-refractivity contribution in [3.63, 3.8) is 0 Å². The summed E-state index contributed by atoms with van der Waals surface area (Å²) in [5, 5.41) is 0.235. The zero-order chi connectivity index (χ0) is 12.3. The van der Waals surface area contributed by atoms with Gasteiger partial charge in [-0.3, -0.25) is 0 Å². The number of rotatable bonds is 5. The molecule has 0 bridgehead atoms. The van der Waals surface area contributed by atoms with E-state index in [9.17, 15) is 0 Å². The van der Waals surface area contributed by atoms with Crippen LogP contribution >= 0.6 is 0 Å². The Kier molecular flexibility index (Phi) is 5.02. The van der Waals surface area contributed by atoms with Crippen LogP contribution in [0.1, 0.15) is 54.4 Å². The van der Waals surface area contributed by atoms with E-state index in [1.807, 2.05) is 0 Å². The van der Waals surface area contributed by atoms with Gasteiger partial charge in [0.25, 0.3) is 0 Å². The zero-order valence-electron chi connectivity index (χ0n) is 11.7. The SMILES string of the molecule is CCCC(C)(C)[Si](OC)(OC)C(C)(C)C. The zero-order valence-corrected chi connectivity index (χ0v) is 12.7. The van der Waals surface area contributed by atoms with E-state index in [1.54, 1.807) is 14.2 Å². The molecule has 0 aromatic heterocycles. The van der Waals surface area contributed by atoms with Crippen LogP contribution in [0.4, 0.5) is 0 Å². The van der Waals surface area contributed by atoms with Crippen LogP contribution in [0.3, 0.4) is 0 Å². The minimum atomic E-state index is -2.19. The average Bonchev–Trinajstić information content (AvgIpc) is 2.03. The van der Waals surface area contributed by atoms with E-state index in [0.29, 0.717) is 0 Å². The Labute approximate surface area is 96.6 Å². The fraction of sp³-hybridized carbons (Fsp3) is 1.00. The molecule has 0 saturated heterocycles. The van der Waals surface area contributed by atoms with Gasteiger partial charge in [0.1, 0.15) is 0 Å². The molecule has 0 aliphatic heterocycles. The van der Waals surface area contributed by atoms with E-state index in [4.69, 9.17) is 8.85 Å². The predicted octanol–water partition coefficient (Wildman–Crippen LogP) is 4.10. The Morgan fingerprint density at radius 3 is 1.53 bits per heavy atom. The molecular weight excluding hydrogens is 204 g/mol. The first kappa shape index (κ1) is 15.1. The molecule has 0 unspecified atom stereocenters. The largest absolute Gasteiger partial charge is 0.397 e. The topological polar surface area (TPSA) is 18.5 Å². The molecule has 0 N–H and O–H groups in total. The van der Waals surface area contributed by atoms with Crippen molar-refractivity contribution in [3.8, 4) is 0 Å². The maximum atomic E-state index is 5.89. The van der Waals surface area contributed by atoms with Gasteiger partial charge in [-0.1, -0.05) is 48.0 Å². The van der Waals surface area contributed by atoms with Crippen LogP contribution in [-0.2, 0) is 8.85 Å². The van der Waals surface area contributed by atoms with Gasteiger partial charge in [-0.15, -0.1) is 0 Å². The van der Waals surface area contributed by atoms with Crippen molar-refractivity contribution in [2.45, 2.75) is 64.5 Å². The van der Waals surface area contributed by atoms with Gasteiger partial charge in [0.05, 0.1) is 0 Å². The molecular formula is C12H28O2Si. The van der Waals surface area contributed by atoms with Crippen LogP contribution in [0.15, 0.2) is 0 Å². The van der Waals surface area contributed by atoms with Crippen LogP contribution in [0.2, 0.25) is 10.1 Å². The lowest BCUT2D eigenvalue weighted by Gasteiger charge is -2.49. The molecule has 0 fully saturated rings. The molecule has 0 saturated carbocycles. The van der Waals surface area contributed by atoms with Crippen molar-refractivity contribution in [1.82, 2.24) is 0 Å². The summed E-state index contributed by atoms with van der Waals surface area (Å²) in [6.07, 6.45) is 2.32. The lowest BCUT2D eigenvalue weighted by molar-refractivity contribution is 0.178. The Bertz CT molecular complexity index is 190. The molecule has 92 valence electrons. The number of hydrogen-bond acceptors (Lipinski definition) is 2. The highest BCUT2D eigenvalue weighted by Gasteiger charge is 2.58. The van der Waals surface area contributed by atoms with E-state index in [2.05, 4.69) is 41.5 Å². The van der Waals surface area contributed by atoms with Gasteiger partial charge < -0.3 is 8.85 Å². The van der Waals surface area contributed by atoms with Crippen LogP contribution < -0.4 is 0 Å². The van der Waals surface area contributed by atoms with Crippen molar-refractivity contribution in [2.75, 3.05) is 14.2 Å². The molecule has 0 amide bonds. The Morgan fingerprint density at radius 2 is 1.33 bits per heavy atom. The third-order valence-electron chi connectivity index (χ3n) is 3.33. The summed E-state index contributed by atoms with van der Waals surface area (Å²) in [7, 11) is 1.41. The summed E-state index contributed by atoms with van der Waals surface area (Å²) in [6, 6.07) is 0. The van der Waals surface area contributed by atoms with E-state index in [1.165, 1.54) is 6.42 Å². The summed E-state index contributed by atoms with van der Waals surface area (Å²) in [6.45, 7) is 13.5. The molecule has 0 aliphatic rings. The smallest absolute Gasteiger partial charge is 0.349 e. The third-order valence-corrected chi connectivity index (χ3v) is 8.48. The van der Waals surface area contributed by atoms with E-state index in [0.717, 1.165) is 6.42 Å². The lowest BCUT2D eigenvalue weighted by Crippen LogP contribution is -2.56. The van der Waals surface area contributed by atoms with Gasteiger partial charge in [-0.05, 0) is 6.42 Å². The molecule has 0 aliphatic carbocycles. The first-order valence-electron chi connectivity index (χ1n) is 5.79. The van der Waals surface area contributed by atoms with Gasteiger partial charge in [0.2, 0.25) is 0 Å². The second kappa shape index (κ2) is 4.98. The number of hydrogen-bond donors (Lipinski definition) is 0. The van der Waals surface area contributed by atoms with Gasteiger partial charge >= 0.3 is 8.56 Å². The lowest BCUT2D eigenvalue weighted by atomic mass is 10.1. The Hall–Kier alpha value is 0.137. The van der Waals surface area contributed by atoms with E-state index in [-0.39, 0.29) is 10.1 Å². The van der Waals surface area contributed by atoms with Crippen molar-refractivity contribution in [3.05, 3.63) is 0 Å². The monoisotopic (exact) mass is 232 g/mol. The quantitative estimate of drug-likeness (QED) is 0.664. The summed E-state index contributed by atoms with van der Waals surface area (Å²) in [4.78, 5) is 0.